The smallest absolute Gasteiger partial charge is 0.243 e. The van der Waals surface area contributed by atoms with Crippen LogP contribution in [0.1, 0.15) is 26.7 Å². The Morgan fingerprint density at radius 1 is 1.24 bits per heavy atom. The summed E-state index contributed by atoms with van der Waals surface area (Å²) < 4.78 is 32.2. The molecule has 0 heterocycles. The van der Waals surface area contributed by atoms with Gasteiger partial charge < -0.3 is 10.1 Å². The van der Waals surface area contributed by atoms with Crippen LogP contribution in [0.5, 0.6) is 5.75 Å². The number of hydrogen-bond acceptors (Lipinski definition) is 4. The number of rotatable bonds is 9. The molecule has 0 radical (unpaired) electrons. The van der Waals surface area contributed by atoms with Crippen molar-refractivity contribution in [2.75, 3.05) is 26.2 Å². The molecule has 118 valence electrons. The van der Waals surface area contributed by atoms with Crippen LogP contribution < -0.4 is 10.1 Å². The summed E-state index contributed by atoms with van der Waals surface area (Å²) in [4.78, 5) is 0.343. The summed E-state index contributed by atoms with van der Waals surface area (Å²) in [6.07, 6.45) is 1.94. The SMILES string of the molecule is CCNCCOc1ccc(S(=O)(=O)N(CC)C2CC2)cc1. The molecule has 1 aromatic rings. The molecular weight excluding hydrogens is 288 g/mol. The van der Waals surface area contributed by atoms with Crippen molar-refractivity contribution in [2.24, 2.45) is 0 Å². The third-order valence-electron chi connectivity index (χ3n) is 3.49. The summed E-state index contributed by atoms with van der Waals surface area (Å²) in [5.41, 5.74) is 0. The first-order valence-electron chi connectivity index (χ1n) is 7.55. The number of ether oxygens (including phenoxy) is 1. The molecule has 0 spiro atoms. The second kappa shape index (κ2) is 7.24. The lowest BCUT2D eigenvalue weighted by Gasteiger charge is -2.20. The highest BCUT2D eigenvalue weighted by Gasteiger charge is 2.36. The molecule has 0 saturated heterocycles. The summed E-state index contributed by atoms with van der Waals surface area (Å²) in [6.45, 7) is 6.71. The minimum absolute atomic E-state index is 0.191. The van der Waals surface area contributed by atoms with Gasteiger partial charge in [0.1, 0.15) is 12.4 Å². The molecule has 0 unspecified atom stereocenters. The lowest BCUT2D eigenvalue weighted by Crippen LogP contribution is -2.32. The Kier molecular flexibility index (Phi) is 5.61. The Bertz CT molecular complexity index is 539. The number of hydrogen-bond donors (Lipinski definition) is 1. The van der Waals surface area contributed by atoms with E-state index < -0.39 is 10.0 Å². The molecule has 1 aliphatic rings. The molecular formula is C15H24N2O3S. The molecule has 0 bridgehead atoms. The molecule has 1 N–H and O–H groups in total. The van der Waals surface area contributed by atoms with E-state index in [2.05, 4.69) is 5.32 Å². The van der Waals surface area contributed by atoms with E-state index in [0.29, 0.717) is 23.8 Å². The average Bonchev–Trinajstić information content (AvgIpc) is 3.29. The van der Waals surface area contributed by atoms with E-state index in [9.17, 15) is 8.42 Å². The van der Waals surface area contributed by atoms with E-state index in [1.54, 1.807) is 28.6 Å². The highest BCUT2D eigenvalue weighted by atomic mass is 32.2. The van der Waals surface area contributed by atoms with Crippen molar-refractivity contribution in [3.63, 3.8) is 0 Å². The van der Waals surface area contributed by atoms with Gasteiger partial charge in [-0.2, -0.15) is 4.31 Å². The summed E-state index contributed by atoms with van der Waals surface area (Å²) in [5.74, 6) is 0.696. The van der Waals surface area contributed by atoms with Gasteiger partial charge in [0, 0.05) is 19.1 Å². The normalized spacial score (nSPS) is 15.4. The van der Waals surface area contributed by atoms with Crippen molar-refractivity contribution >= 4 is 10.0 Å². The minimum Gasteiger partial charge on any atom is -0.492 e. The standard InChI is InChI=1S/C15H24N2O3S/c1-3-16-11-12-20-14-7-9-15(10-8-14)21(18,19)17(4-2)13-5-6-13/h7-10,13,16H,3-6,11-12H2,1-2H3. The van der Waals surface area contributed by atoms with Crippen LogP contribution in [0.4, 0.5) is 0 Å². The van der Waals surface area contributed by atoms with Crippen LogP contribution in [-0.4, -0.2) is 45.0 Å². The van der Waals surface area contributed by atoms with Gasteiger partial charge in [0.2, 0.25) is 10.0 Å². The number of likely N-dealkylation sites (N-methyl/N-ethyl adjacent to an activating group) is 1. The Morgan fingerprint density at radius 3 is 2.43 bits per heavy atom. The molecule has 0 amide bonds. The molecule has 5 nitrogen and oxygen atoms in total. The van der Waals surface area contributed by atoms with E-state index in [1.807, 2.05) is 13.8 Å². The monoisotopic (exact) mass is 312 g/mol. The molecule has 1 aromatic carbocycles. The molecule has 1 aliphatic carbocycles. The van der Waals surface area contributed by atoms with E-state index >= 15 is 0 Å². The topological polar surface area (TPSA) is 58.6 Å². The first-order chi connectivity index (χ1) is 10.1. The molecule has 1 saturated carbocycles. The maximum absolute atomic E-state index is 12.5. The van der Waals surface area contributed by atoms with Gasteiger partial charge >= 0.3 is 0 Å². The van der Waals surface area contributed by atoms with Gasteiger partial charge in [-0.05, 0) is 43.7 Å². The van der Waals surface area contributed by atoms with Crippen molar-refractivity contribution in [3.8, 4) is 5.75 Å². The van der Waals surface area contributed by atoms with Crippen LogP contribution in [0, 0.1) is 0 Å². The maximum atomic E-state index is 12.5. The Hall–Kier alpha value is -1.11. The fourth-order valence-corrected chi connectivity index (χ4v) is 3.94. The van der Waals surface area contributed by atoms with Crippen molar-refractivity contribution in [2.45, 2.75) is 37.6 Å². The minimum atomic E-state index is -3.37. The first-order valence-corrected chi connectivity index (χ1v) is 8.99. The number of nitrogens with zero attached hydrogens (tertiary/aromatic N) is 1. The van der Waals surface area contributed by atoms with Crippen molar-refractivity contribution in [1.82, 2.24) is 9.62 Å². The van der Waals surface area contributed by atoms with Gasteiger partial charge in [-0.15, -0.1) is 0 Å². The summed E-state index contributed by atoms with van der Waals surface area (Å²) >= 11 is 0. The molecule has 0 aliphatic heterocycles. The van der Waals surface area contributed by atoms with Crippen LogP contribution in [0.15, 0.2) is 29.2 Å². The molecule has 21 heavy (non-hydrogen) atoms. The summed E-state index contributed by atoms with van der Waals surface area (Å²) in [6, 6.07) is 6.89. The second-order valence-electron chi connectivity index (χ2n) is 5.11. The van der Waals surface area contributed by atoms with Crippen LogP contribution in [0.3, 0.4) is 0 Å². The zero-order chi connectivity index (χ0) is 15.3. The number of benzene rings is 1. The fourth-order valence-electron chi connectivity index (χ4n) is 2.25. The lowest BCUT2D eigenvalue weighted by atomic mass is 10.3. The number of nitrogens with one attached hydrogen (secondary N) is 1. The van der Waals surface area contributed by atoms with Crippen molar-refractivity contribution in [3.05, 3.63) is 24.3 Å². The van der Waals surface area contributed by atoms with Crippen LogP contribution in [-0.2, 0) is 10.0 Å². The highest BCUT2D eigenvalue weighted by molar-refractivity contribution is 7.89. The van der Waals surface area contributed by atoms with Gasteiger partial charge in [0.25, 0.3) is 0 Å². The van der Waals surface area contributed by atoms with E-state index in [0.717, 1.165) is 25.9 Å². The second-order valence-corrected chi connectivity index (χ2v) is 7.00. The van der Waals surface area contributed by atoms with Gasteiger partial charge in [-0.3, -0.25) is 0 Å². The molecule has 1 fully saturated rings. The largest absolute Gasteiger partial charge is 0.492 e. The molecule has 0 aromatic heterocycles. The lowest BCUT2D eigenvalue weighted by molar-refractivity contribution is 0.315. The summed E-state index contributed by atoms with van der Waals surface area (Å²) in [5, 5.41) is 3.17. The van der Waals surface area contributed by atoms with Gasteiger partial charge in [0.05, 0.1) is 4.90 Å². The quantitative estimate of drug-likeness (QED) is 0.707. The van der Waals surface area contributed by atoms with Crippen molar-refractivity contribution in [1.29, 1.82) is 0 Å². The zero-order valence-electron chi connectivity index (χ0n) is 12.7. The van der Waals surface area contributed by atoms with Crippen molar-refractivity contribution < 1.29 is 13.2 Å². The Balaban J connectivity index is 2.00. The van der Waals surface area contributed by atoms with Gasteiger partial charge in [-0.1, -0.05) is 13.8 Å². The highest BCUT2D eigenvalue weighted by Crippen LogP contribution is 2.32. The Labute approximate surface area is 127 Å². The predicted molar refractivity (Wildman–Crippen MR) is 83.1 cm³/mol. The molecule has 2 rings (SSSR count). The molecule has 0 atom stereocenters. The molecule has 6 heteroatoms. The third-order valence-corrected chi connectivity index (χ3v) is 5.54. The average molecular weight is 312 g/mol. The van der Waals surface area contributed by atoms with Crippen LogP contribution in [0.25, 0.3) is 0 Å². The van der Waals surface area contributed by atoms with Gasteiger partial charge in [-0.25, -0.2) is 8.42 Å². The van der Waals surface area contributed by atoms with E-state index in [-0.39, 0.29) is 6.04 Å². The van der Waals surface area contributed by atoms with E-state index in [4.69, 9.17) is 4.74 Å². The third kappa shape index (κ3) is 4.18. The van der Waals surface area contributed by atoms with Crippen LogP contribution >= 0.6 is 0 Å². The van der Waals surface area contributed by atoms with Gasteiger partial charge in [0.15, 0.2) is 0 Å². The van der Waals surface area contributed by atoms with Crippen LogP contribution in [0.2, 0.25) is 0 Å². The zero-order valence-corrected chi connectivity index (χ0v) is 13.5. The Morgan fingerprint density at radius 2 is 1.90 bits per heavy atom. The fraction of sp³-hybridized carbons (Fsp3) is 0.600. The summed E-state index contributed by atoms with van der Waals surface area (Å²) in [7, 11) is -3.37. The number of sulfonamides is 1. The first kappa shape index (κ1) is 16.3. The van der Waals surface area contributed by atoms with E-state index in [1.165, 1.54) is 0 Å². The predicted octanol–water partition coefficient (Wildman–Crippen LogP) is 1.85. The maximum Gasteiger partial charge on any atom is 0.243 e.